The van der Waals surface area contributed by atoms with E-state index >= 15 is 0 Å². The summed E-state index contributed by atoms with van der Waals surface area (Å²) in [7, 11) is 1.63. The molecule has 2 heterocycles. The van der Waals surface area contributed by atoms with E-state index in [4.69, 9.17) is 4.74 Å². The number of piperidine rings is 1. The summed E-state index contributed by atoms with van der Waals surface area (Å²) >= 11 is 0. The lowest BCUT2D eigenvalue weighted by Crippen LogP contribution is -2.45. The fraction of sp³-hybridized carbons (Fsp3) is 0.350. The zero-order valence-electron chi connectivity index (χ0n) is 16.0. The van der Waals surface area contributed by atoms with Crippen LogP contribution in [-0.2, 0) is 6.54 Å². The zero-order chi connectivity index (χ0) is 20.2. The maximum atomic E-state index is 13.7. The summed E-state index contributed by atoms with van der Waals surface area (Å²) in [6.07, 6.45) is 3.45. The summed E-state index contributed by atoms with van der Waals surface area (Å²) in [5, 5.41) is 18.2. The Balaban J connectivity index is 1.53. The van der Waals surface area contributed by atoms with Gasteiger partial charge in [0.15, 0.2) is 11.6 Å². The predicted octanol–water partition coefficient (Wildman–Crippen LogP) is 2.53. The van der Waals surface area contributed by atoms with E-state index in [2.05, 4.69) is 26.2 Å². The van der Waals surface area contributed by atoms with Gasteiger partial charge in [-0.25, -0.2) is 13.5 Å². The van der Waals surface area contributed by atoms with Crippen molar-refractivity contribution in [1.29, 1.82) is 0 Å². The average molecular weight is 400 g/mol. The minimum atomic E-state index is -0.835. The number of hydrogen-bond acceptors (Lipinski definition) is 6. The Morgan fingerprint density at radius 3 is 2.86 bits per heavy atom. The molecule has 0 saturated carbocycles. The van der Waals surface area contributed by atoms with Crippen LogP contribution in [0.5, 0.6) is 5.75 Å². The van der Waals surface area contributed by atoms with Crippen LogP contribution in [0, 0.1) is 11.6 Å². The SMILES string of the molecule is COc1ccc(-n2cnnn2)cc1CN[C@H]1CCCN[C@H]1c1ccc(F)c(F)c1. The van der Waals surface area contributed by atoms with Crippen molar-refractivity contribution in [3.63, 3.8) is 0 Å². The Morgan fingerprint density at radius 2 is 2.10 bits per heavy atom. The molecule has 4 rings (SSSR count). The summed E-state index contributed by atoms with van der Waals surface area (Å²) in [6.45, 7) is 1.38. The molecule has 1 fully saturated rings. The second-order valence-corrected chi connectivity index (χ2v) is 6.99. The van der Waals surface area contributed by atoms with Crippen LogP contribution in [0.25, 0.3) is 5.69 Å². The molecule has 3 aromatic rings. The fourth-order valence-electron chi connectivity index (χ4n) is 3.73. The molecular weight excluding hydrogens is 378 g/mol. The molecule has 0 aliphatic carbocycles. The normalized spacial score (nSPS) is 19.3. The molecule has 29 heavy (non-hydrogen) atoms. The first-order chi connectivity index (χ1) is 14.2. The molecule has 1 aromatic heterocycles. The van der Waals surface area contributed by atoms with Crippen molar-refractivity contribution in [1.82, 2.24) is 30.8 Å². The van der Waals surface area contributed by atoms with Crippen LogP contribution >= 0.6 is 0 Å². The zero-order valence-corrected chi connectivity index (χ0v) is 16.0. The summed E-state index contributed by atoms with van der Waals surface area (Å²) in [4.78, 5) is 0. The maximum Gasteiger partial charge on any atom is 0.159 e. The van der Waals surface area contributed by atoms with Gasteiger partial charge in [0, 0.05) is 24.2 Å². The highest BCUT2D eigenvalue weighted by atomic mass is 19.2. The average Bonchev–Trinajstić information content (AvgIpc) is 3.29. The first-order valence-electron chi connectivity index (χ1n) is 9.47. The summed E-state index contributed by atoms with van der Waals surface area (Å²) in [5.74, 6) is -0.912. The van der Waals surface area contributed by atoms with Crippen molar-refractivity contribution < 1.29 is 13.5 Å². The molecule has 2 N–H and O–H groups in total. The van der Waals surface area contributed by atoms with Crippen molar-refractivity contribution in [3.05, 3.63) is 65.5 Å². The number of methoxy groups -OCH3 is 1. The number of ether oxygens (including phenoxy) is 1. The highest BCUT2D eigenvalue weighted by Gasteiger charge is 2.26. The second-order valence-electron chi connectivity index (χ2n) is 6.99. The number of rotatable bonds is 6. The molecule has 0 bridgehead atoms. The Morgan fingerprint density at radius 1 is 1.21 bits per heavy atom. The van der Waals surface area contributed by atoms with Gasteiger partial charge in [0.1, 0.15) is 12.1 Å². The molecule has 0 radical (unpaired) electrons. The lowest BCUT2D eigenvalue weighted by Gasteiger charge is -2.34. The maximum absolute atomic E-state index is 13.7. The molecule has 2 aromatic carbocycles. The minimum Gasteiger partial charge on any atom is -0.496 e. The van der Waals surface area contributed by atoms with E-state index in [-0.39, 0.29) is 12.1 Å². The smallest absolute Gasteiger partial charge is 0.159 e. The van der Waals surface area contributed by atoms with E-state index in [0.29, 0.717) is 6.54 Å². The molecule has 0 amide bonds. The van der Waals surface area contributed by atoms with Gasteiger partial charge >= 0.3 is 0 Å². The Kier molecular flexibility index (Phi) is 5.77. The Hall–Kier alpha value is -2.91. The summed E-state index contributed by atoms with van der Waals surface area (Å²) in [5.41, 5.74) is 2.51. The van der Waals surface area contributed by atoms with Gasteiger partial charge in [-0.2, -0.15) is 0 Å². The van der Waals surface area contributed by atoms with Crippen molar-refractivity contribution >= 4 is 0 Å². The highest BCUT2D eigenvalue weighted by Crippen LogP contribution is 2.27. The first kappa shape index (κ1) is 19.4. The first-order valence-corrected chi connectivity index (χ1v) is 9.47. The van der Waals surface area contributed by atoms with Gasteiger partial charge in [0.25, 0.3) is 0 Å². The lowest BCUT2D eigenvalue weighted by molar-refractivity contribution is 0.302. The van der Waals surface area contributed by atoms with Crippen molar-refractivity contribution in [2.45, 2.75) is 31.5 Å². The number of hydrogen-bond donors (Lipinski definition) is 2. The van der Waals surface area contributed by atoms with Crippen LogP contribution in [0.1, 0.15) is 30.0 Å². The molecule has 0 unspecified atom stereocenters. The fourth-order valence-corrected chi connectivity index (χ4v) is 3.73. The number of benzene rings is 2. The molecule has 1 aliphatic rings. The van der Waals surface area contributed by atoms with Gasteiger partial charge in [0.2, 0.25) is 0 Å². The van der Waals surface area contributed by atoms with Gasteiger partial charge in [-0.15, -0.1) is 5.10 Å². The molecule has 2 atom stereocenters. The van der Waals surface area contributed by atoms with Crippen molar-refractivity contribution in [2.75, 3.05) is 13.7 Å². The molecule has 9 heteroatoms. The van der Waals surface area contributed by atoms with E-state index in [9.17, 15) is 8.78 Å². The standard InChI is InChI=1S/C20H22F2N6O/c1-29-19-7-5-15(28-12-25-26-27-28)9-14(19)11-24-18-3-2-8-23-20(18)13-4-6-16(21)17(22)10-13/h4-7,9-10,12,18,20,23-24H,2-3,8,11H2,1H3/t18-,20-/m0/s1. The van der Waals surface area contributed by atoms with E-state index in [0.717, 1.165) is 42.0 Å². The number of nitrogens with one attached hydrogen (secondary N) is 2. The van der Waals surface area contributed by atoms with Crippen LogP contribution < -0.4 is 15.4 Å². The number of aromatic nitrogens is 4. The number of nitrogens with zero attached hydrogens (tertiary/aromatic N) is 4. The van der Waals surface area contributed by atoms with Gasteiger partial charge < -0.3 is 15.4 Å². The van der Waals surface area contributed by atoms with Crippen LogP contribution in [0.3, 0.4) is 0 Å². The van der Waals surface area contributed by atoms with Gasteiger partial charge in [-0.05, 0) is 65.7 Å². The molecule has 0 spiro atoms. The van der Waals surface area contributed by atoms with Crippen LogP contribution in [0.4, 0.5) is 8.78 Å². The van der Waals surface area contributed by atoms with Crippen LogP contribution in [-0.4, -0.2) is 39.9 Å². The van der Waals surface area contributed by atoms with Gasteiger partial charge in [0.05, 0.1) is 12.8 Å². The third kappa shape index (κ3) is 4.25. The van der Waals surface area contributed by atoms with E-state index in [1.165, 1.54) is 18.5 Å². The predicted molar refractivity (Wildman–Crippen MR) is 103 cm³/mol. The molecular formula is C20H22F2N6O. The summed E-state index contributed by atoms with van der Waals surface area (Å²) < 4.78 is 34.1. The number of halogens is 2. The summed E-state index contributed by atoms with van der Waals surface area (Å²) in [6, 6.07) is 9.76. The molecule has 7 nitrogen and oxygen atoms in total. The Bertz CT molecular complexity index is 966. The Labute approximate surface area is 167 Å². The van der Waals surface area contributed by atoms with Crippen molar-refractivity contribution in [3.8, 4) is 11.4 Å². The van der Waals surface area contributed by atoms with Gasteiger partial charge in [-0.1, -0.05) is 6.07 Å². The third-order valence-electron chi connectivity index (χ3n) is 5.19. The topological polar surface area (TPSA) is 76.9 Å². The minimum absolute atomic E-state index is 0.0648. The van der Waals surface area contributed by atoms with E-state index in [1.807, 2.05) is 18.2 Å². The molecule has 1 aliphatic heterocycles. The van der Waals surface area contributed by atoms with Crippen LogP contribution in [0.15, 0.2) is 42.7 Å². The largest absolute Gasteiger partial charge is 0.496 e. The lowest BCUT2D eigenvalue weighted by atomic mass is 9.92. The molecule has 152 valence electrons. The number of tetrazole rings is 1. The second kappa shape index (κ2) is 8.62. The quantitative estimate of drug-likeness (QED) is 0.662. The highest BCUT2D eigenvalue weighted by molar-refractivity contribution is 5.43. The van der Waals surface area contributed by atoms with Crippen molar-refractivity contribution in [2.24, 2.45) is 0 Å². The van der Waals surface area contributed by atoms with E-state index < -0.39 is 11.6 Å². The van der Waals surface area contributed by atoms with E-state index in [1.54, 1.807) is 17.9 Å². The monoisotopic (exact) mass is 400 g/mol. The van der Waals surface area contributed by atoms with Gasteiger partial charge in [-0.3, -0.25) is 0 Å². The van der Waals surface area contributed by atoms with Crippen LogP contribution in [0.2, 0.25) is 0 Å². The molecule has 1 saturated heterocycles. The third-order valence-corrected chi connectivity index (χ3v) is 5.19.